The highest BCUT2D eigenvalue weighted by Crippen LogP contribution is 2.12. The molecule has 1 saturated heterocycles. The second-order valence-corrected chi connectivity index (χ2v) is 19.0. The van der Waals surface area contributed by atoms with Crippen molar-refractivity contribution in [1.29, 1.82) is 0 Å². The average Bonchev–Trinajstić information content (AvgIpc) is 3.32. The Morgan fingerprint density at radius 3 is 1.90 bits per heavy atom. The molecule has 1 heterocycles. The van der Waals surface area contributed by atoms with Crippen LogP contribution in [0.4, 0.5) is 0 Å². The van der Waals surface area contributed by atoms with Crippen molar-refractivity contribution < 1.29 is 48.6 Å². The Kier molecular flexibility index (Phi) is 30.5. The standard InChI is InChI=1S/C49H87N13O10/c1-5-6-7-8-12-15-34(64)28-41(65)57-36(18-23-52)44(67)59-38-20-25-54-49(72)42(31(4)63)62-43(66)35(17-22-51)55-29-33(16-21-50)56-47(70)39(26-30(2)3)60-48(71)40(27-32-13-10-9-11-14-32)61-45(68)37(19-24-53)58-46(38)69/h9-11,13-14,30-31,33-40,42,55,63-64H,5-8,12,15-29,50-53H2,1-4H3,(H,54,72)(H,56,70)(H,57,65)(H,58,69)(H,59,67)(H,60,71)(H,61,68)(H,62,66)/t31-,33+,34-,35+,36-,37+,38+,39+,40-,42+/m1/s1. The molecule has 1 fully saturated rings. The smallest absolute Gasteiger partial charge is 0.245 e. The van der Waals surface area contributed by atoms with Gasteiger partial charge >= 0.3 is 0 Å². The van der Waals surface area contributed by atoms with E-state index in [1.165, 1.54) is 6.92 Å². The Labute approximate surface area is 424 Å². The first-order valence-electron chi connectivity index (χ1n) is 25.7. The highest BCUT2D eigenvalue weighted by Gasteiger charge is 2.35. The second kappa shape index (κ2) is 35.0. The Balaban J connectivity index is 2.63. The molecule has 0 bridgehead atoms. The first-order chi connectivity index (χ1) is 34.4. The zero-order valence-electron chi connectivity index (χ0n) is 42.8. The molecule has 0 aliphatic carbocycles. The van der Waals surface area contributed by atoms with Crippen LogP contribution >= 0.6 is 0 Å². The van der Waals surface area contributed by atoms with Crippen molar-refractivity contribution in [3.63, 3.8) is 0 Å². The minimum Gasteiger partial charge on any atom is -0.393 e. The van der Waals surface area contributed by atoms with E-state index in [9.17, 15) is 48.6 Å². The summed E-state index contributed by atoms with van der Waals surface area (Å²) < 4.78 is 0. The number of nitrogens with one attached hydrogen (secondary N) is 9. The molecule has 1 aliphatic rings. The predicted molar refractivity (Wildman–Crippen MR) is 273 cm³/mol. The van der Waals surface area contributed by atoms with E-state index in [2.05, 4.69) is 54.8 Å². The van der Waals surface area contributed by atoms with Gasteiger partial charge in [-0.05, 0) is 89.5 Å². The van der Waals surface area contributed by atoms with Crippen molar-refractivity contribution in [3.05, 3.63) is 35.9 Å². The van der Waals surface area contributed by atoms with Crippen molar-refractivity contribution in [1.82, 2.24) is 47.9 Å². The molecule has 8 amide bonds. The number of unbranched alkanes of at least 4 members (excludes halogenated alkanes) is 4. The van der Waals surface area contributed by atoms with Crippen LogP contribution in [0.2, 0.25) is 0 Å². The summed E-state index contributed by atoms with van der Waals surface area (Å²) in [6.45, 7) is 6.88. The van der Waals surface area contributed by atoms with E-state index in [1.807, 2.05) is 13.8 Å². The molecule has 23 heteroatoms. The van der Waals surface area contributed by atoms with Gasteiger partial charge in [0, 0.05) is 25.6 Å². The lowest BCUT2D eigenvalue weighted by Gasteiger charge is -2.29. The number of hydrogen-bond donors (Lipinski definition) is 15. The van der Waals surface area contributed by atoms with Gasteiger partial charge in [0.1, 0.15) is 36.3 Å². The number of carbonyl (C=O) groups excluding carboxylic acids is 8. The fraction of sp³-hybridized carbons (Fsp3) is 0.714. The number of amides is 8. The molecule has 408 valence electrons. The fourth-order valence-electron chi connectivity index (χ4n) is 8.16. The van der Waals surface area contributed by atoms with Gasteiger partial charge < -0.3 is 81.0 Å². The number of benzene rings is 1. The van der Waals surface area contributed by atoms with Crippen LogP contribution in [0.25, 0.3) is 0 Å². The van der Waals surface area contributed by atoms with Gasteiger partial charge in [-0.3, -0.25) is 38.4 Å². The molecule has 0 saturated carbocycles. The van der Waals surface area contributed by atoms with Crippen molar-refractivity contribution in [2.24, 2.45) is 28.9 Å². The molecule has 1 aromatic carbocycles. The summed E-state index contributed by atoms with van der Waals surface area (Å²) in [5.41, 5.74) is 24.3. The van der Waals surface area contributed by atoms with Gasteiger partial charge in [0.15, 0.2) is 0 Å². The van der Waals surface area contributed by atoms with E-state index < -0.39 is 108 Å². The second-order valence-electron chi connectivity index (χ2n) is 19.0. The Morgan fingerprint density at radius 2 is 1.28 bits per heavy atom. The highest BCUT2D eigenvalue weighted by atomic mass is 16.3. The maximum Gasteiger partial charge on any atom is 0.245 e. The van der Waals surface area contributed by atoms with Crippen LogP contribution in [-0.4, -0.2) is 157 Å². The SMILES string of the molecule is CCCCCCC[C@@H](O)CC(=O)N[C@H](CCN)C(=O)N[C@H]1CCNC(=O)[C@H]([C@@H](C)O)NC(=O)[C@H](CCN)NC[C@H](CCN)NC(=O)[C@H](CC(C)C)NC(=O)[C@@H](Cc2ccccc2)NC(=O)[C@H](CCN)NC1=O. The lowest BCUT2D eigenvalue weighted by molar-refractivity contribution is -0.135. The Morgan fingerprint density at radius 1 is 0.681 bits per heavy atom. The van der Waals surface area contributed by atoms with Crippen LogP contribution in [0.3, 0.4) is 0 Å². The third-order valence-corrected chi connectivity index (χ3v) is 12.2. The fourth-order valence-corrected chi connectivity index (χ4v) is 8.16. The number of rotatable bonds is 24. The molecule has 23 nitrogen and oxygen atoms in total. The van der Waals surface area contributed by atoms with Crippen LogP contribution in [0.15, 0.2) is 30.3 Å². The van der Waals surface area contributed by atoms with Gasteiger partial charge in [-0.25, -0.2) is 0 Å². The largest absolute Gasteiger partial charge is 0.393 e. The molecule has 72 heavy (non-hydrogen) atoms. The number of nitrogens with two attached hydrogens (primary N) is 4. The number of carbonyl (C=O) groups is 8. The quantitative estimate of drug-likeness (QED) is 0.0460. The Hall–Kier alpha value is -5.30. The van der Waals surface area contributed by atoms with Gasteiger partial charge in [-0.15, -0.1) is 0 Å². The predicted octanol–water partition coefficient (Wildman–Crippen LogP) is -2.97. The maximum absolute atomic E-state index is 14.3. The summed E-state index contributed by atoms with van der Waals surface area (Å²) >= 11 is 0. The van der Waals surface area contributed by atoms with Crippen molar-refractivity contribution in [2.45, 2.75) is 178 Å². The molecule has 0 spiro atoms. The van der Waals surface area contributed by atoms with Gasteiger partial charge in [-0.1, -0.05) is 83.2 Å². The third-order valence-electron chi connectivity index (χ3n) is 12.2. The molecule has 1 aromatic rings. The lowest BCUT2D eigenvalue weighted by Crippen LogP contribution is -2.60. The highest BCUT2D eigenvalue weighted by molar-refractivity contribution is 5.97. The van der Waals surface area contributed by atoms with Crippen LogP contribution in [-0.2, 0) is 44.8 Å². The van der Waals surface area contributed by atoms with Crippen LogP contribution < -0.4 is 70.8 Å². The Bertz CT molecular complexity index is 1830. The molecular formula is C49H87N13O10. The topological polar surface area (TPSA) is 389 Å². The molecule has 0 radical (unpaired) electrons. The normalized spacial score (nSPS) is 23.8. The molecule has 0 unspecified atom stereocenters. The monoisotopic (exact) mass is 1020 g/mol. The molecular weight excluding hydrogens is 931 g/mol. The zero-order chi connectivity index (χ0) is 53.6. The summed E-state index contributed by atoms with van der Waals surface area (Å²) in [4.78, 5) is 111. The average molecular weight is 1020 g/mol. The molecule has 0 aromatic heterocycles. The summed E-state index contributed by atoms with van der Waals surface area (Å²) in [5.74, 6) is -6.00. The summed E-state index contributed by atoms with van der Waals surface area (Å²) in [6.07, 6.45) is 2.57. The van der Waals surface area contributed by atoms with Crippen molar-refractivity contribution in [3.8, 4) is 0 Å². The first-order valence-corrected chi connectivity index (χ1v) is 25.7. The third kappa shape index (κ3) is 23.9. The van der Waals surface area contributed by atoms with E-state index in [0.717, 1.165) is 32.1 Å². The molecule has 1 aliphatic heterocycles. The summed E-state index contributed by atoms with van der Waals surface area (Å²) in [5, 5.41) is 45.9. The zero-order valence-corrected chi connectivity index (χ0v) is 42.8. The van der Waals surface area contributed by atoms with Gasteiger partial charge in [0.05, 0.1) is 24.7 Å². The van der Waals surface area contributed by atoms with Crippen LogP contribution in [0.5, 0.6) is 0 Å². The van der Waals surface area contributed by atoms with Crippen molar-refractivity contribution >= 4 is 47.3 Å². The van der Waals surface area contributed by atoms with E-state index in [4.69, 9.17) is 22.9 Å². The first kappa shape index (κ1) is 62.8. The number of aliphatic hydroxyl groups is 2. The van der Waals surface area contributed by atoms with E-state index in [-0.39, 0.29) is 96.6 Å². The van der Waals surface area contributed by atoms with E-state index >= 15 is 0 Å². The lowest BCUT2D eigenvalue weighted by atomic mass is 10.00. The molecule has 10 atom stereocenters. The van der Waals surface area contributed by atoms with Crippen molar-refractivity contribution in [2.75, 3.05) is 39.3 Å². The van der Waals surface area contributed by atoms with Gasteiger partial charge in [0.25, 0.3) is 0 Å². The molecule has 2 rings (SSSR count). The maximum atomic E-state index is 14.3. The van der Waals surface area contributed by atoms with Gasteiger partial charge in [0.2, 0.25) is 47.3 Å². The number of aliphatic hydroxyl groups excluding tert-OH is 2. The minimum atomic E-state index is -1.50. The van der Waals surface area contributed by atoms with E-state index in [1.54, 1.807) is 30.3 Å². The van der Waals surface area contributed by atoms with Crippen LogP contribution in [0, 0.1) is 5.92 Å². The number of hydrogen-bond acceptors (Lipinski definition) is 15. The summed E-state index contributed by atoms with van der Waals surface area (Å²) in [6, 6.07) is -0.786. The van der Waals surface area contributed by atoms with Crippen LogP contribution in [0.1, 0.15) is 117 Å². The summed E-state index contributed by atoms with van der Waals surface area (Å²) in [7, 11) is 0. The van der Waals surface area contributed by atoms with E-state index in [0.29, 0.717) is 12.0 Å². The molecule has 19 N–H and O–H groups in total. The minimum absolute atomic E-state index is 0.0158. The van der Waals surface area contributed by atoms with Gasteiger partial charge in [-0.2, -0.15) is 0 Å².